The van der Waals surface area contributed by atoms with E-state index >= 15 is 0 Å². The molecule has 20 heavy (non-hydrogen) atoms. The summed E-state index contributed by atoms with van der Waals surface area (Å²) in [4.78, 5) is 18.4. The molecule has 6 heteroatoms. The number of aliphatic hydroxyl groups is 1. The summed E-state index contributed by atoms with van der Waals surface area (Å²) in [6.07, 6.45) is 1.33. The van der Waals surface area contributed by atoms with Crippen LogP contribution < -0.4 is 0 Å². The smallest absolute Gasteiger partial charge is 0.233 e. The lowest BCUT2D eigenvalue weighted by Crippen LogP contribution is -2.42. The van der Waals surface area contributed by atoms with Crippen molar-refractivity contribution >= 4 is 39.2 Å². The maximum atomic E-state index is 12.1. The van der Waals surface area contributed by atoms with Crippen LogP contribution in [0.5, 0.6) is 0 Å². The summed E-state index contributed by atoms with van der Waals surface area (Å²) in [5, 5.41) is 9.60. The quantitative estimate of drug-likeness (QED) is 0.885. The number of likely N-dealkylation sites (tertiary alicyclic amines) is 1. The average molecular weight is 308 g/mol. The standard InChI is InChI=1S/C14H16N2O2S2/c17-10-4-3-7-16(8-10)13(18)9-19-14-15-11-5-1-2-6-12(11)20-14/h1-2,5-6,10,17H,3-4,7-9H2/t10-/m0/s1. The van der Waals surface area contributed by atoms with Crippen LogP contribution in [0.1, 0.15) is 12.8 Å². The Morgan fingerprint density at radius 1 is 1.50 bits per heavy atom. The largest absolute Gasteiger partial charge is 0.391 e. The number of nitrogens with zero attached hydrogens (tertiary/aromatic N) is 2. The summed E-state index contributed by atoms with van der Waals surface area (Å²) in [5.41, 5.74) is 0.987. The Labute approximate surface area is 125 Å². The molecule has 106 valence electrons. The van der Waals surface area contributed by atoms with Crippen LogP contribution in [-0.4, -0.2) is 45.8 Å². The molecule has 0 bridgehead atoms. The number of hydrogen-bond acceptors (Lipinski definition) is 5. The predicted octanol–water partition coefficient (Wildman–Crippen LogP) is 2.37. The zero-order valence-corrected chi connectivity index (χ0v) is 12.6. The summed E-state index contributed by atoms with van der Waals surface area (Å²) >= 11 is 3.10. The topological polar surface area (TPSA) is 53.4 Å². The lowest BCUT2D eigenvalue weighted by Gasteiger charge is -2.29. The Hall–Kier alpha value is -1.11. The number of amides is 1. The first kappa shape index (κ1) is 13.9. The predicted molar refractivity (Wildman–Crippen MR) is 82.2 cm³/mol. The summed E-state index contributed by atoms with van der Waals surface area (Å²) < 4.78 is 2.08. The Bertz CT molecular complexity index is 581. The second kappa shape index (κ2) is 6.11. The third kappa shape index (κ3) is 3.13. The average Bonchev–Trinajstić information content (AvgIpc) is 2.87. The number of carbonyl (C=O) groups excluding carboxylic acids is 1. The monoisotopic (exact) mass is 308 g/mol. The molecular formula is C14H16N2O2S2. The maximum Gasteiger partial charge on any atom is 0.233 e. The number of thiazole rings is 1. The first-order valence-electron chi connectivity index (χ1n) is 6.66. The summed E-state index contributed by atoms with van der Waals surface area (Å²) in [6, 6.07) is 7.99. The number of aliphatic hydroxyl groups excluding tert-OH is 1. The third-order valence-corrected chi connectivity index (χ3v) is 5.51. The van der Waals surface area contributed by atoms with Crippen LogP contribution in [0.4, 0.5) is 0 Å². The minimum Gasteiger partial charge on any atom is -0.391 e. The van der Waals surface area contributed by atoms with Gasteiger partial charge in [-0.2, -0.15) is 0 Å². The van der Waals surface area contributed by atoms with Crippen LogP contribution in [0.25, 0.3) is 10.2 Å². The minimum atomic E-state index is -0.361. The van der Waals surface area contributed by atoms with Gasteiger partial charge in [-0.05, 0) is 25.0 Å². The molecule has 1 N–H and O–H groups in total. The number of thioether (sulfide) groups is 1. The van der Waals surface area contributed by atoms with Crippen LogP contribution in [0, 0.1) is 0 Å². The molecule has 1 aromatic carbocycles. The highest BCUT2D eigenvalue weighted by molar-refractivity contribution is 8.01. The zero-order valence-electron chi connectivity index (χ0n) is 11.0. The highest BCUT2D eigenvalue weighted by Crippen LogP contribution is 2.29. The fourth-order valence-corrected chi connectivity index (χ4v) is 4.28. The van der Waals surface area contributed by atoms with Crippen molar-refractivity contribution in [3.05, 3.63) is 24.3 Å². The van der Waals surface area contributed by atoms with E-state index in [0.29, 0.717) is 12.3 Å². The van der Waals surface area contributed by atoms with Gasteiger partial charge in [0, 0.05) is 13.1 Å². The van der Waals surface area contributed by atoms with Gasteiger partial charge in [-0.1, -0.05) is 23.9 Å². The number of β-amino-alcohol motifs (C(OH)–C–C–N with tert-alkyl or cyclic N) is 1. The minimum absolute atomic E-state index is 0.0907. The number of rotatable bonds is 3. The fraction of sp³-hybridized carbons (Fsp3) is 0.429. The van der Waals surface area contributed by atoms with Gasteiger partial charge in [-0.3, -0.25) is 4.79 Å². The number of hydrogen-bond donors (Lipinski definition) is 1. The van der Waals surface area contributed by atoms with Crippen LogP contribution in [0.3, 0.4) is 0 Å². The van der Waals surface area contributed by atoms with Gasteiger partial charge in [-0.25, -0.2) is 4.98 Å². The Morgan fingerprint density at radius 3 is 3.15 bits per heavy atom. The van der Waals surface area contributed by atoms with Crippen molar-refractivity contribution in [3.63, 3.8) is 0 Å². The van der Waals surface area contributed by atoms with Crippen molar-refractivity contribution in [1.29, 1.82) is 0 Å². The molecule has 1 aliphatic heterocycles. The van der Waals surface area contributed by atoms with Gasteiger partial charge in [0.2, 0.25) is 5.91 Å². The molecule has 2 heterocycles. The van der Waals surface area contributed by atoms with Gasteiger partial charge in [0.25, 0.3) is 0 Å². The first-order valence-corrected chi connectivity index (χ1v) is 8.47. The van der Waals surface area contributed by atoms with Crippen molar-refractivity contribution in [1.82, 2.24) is 9.88 Å². The first-order chi connectivity index (χ1) is 9.72. The molecule has 0 aliphatic carbocycles. The van der Waals surface area contributed by atoms with Crippen LogP contribution in [0.2, 0.25) is 0 Å². The fourth-order valence-electron chi connectivity index (χ4n) is 2.31. The Balaban J connectivity index is 1.59. The van der Waals surface area contributed by atoms with Gasteiger partial charge in [0.15, 0.2) is 4.34 Å². The normalized spacial score (nSPS) is 19.4. The van der Waals surface area contributed by atoms with Crippen molar-refractivity contribution in [2.45, 2.75) is 23.3 Å². The van der Waals surface area contributed by atoms with E-state index in [2.05, 4.69) is 4.98 Å². The molecule has 0 radical (unpaired) electrons. The molecule has 0 saturated carbocycles. The van der Waals surface area contributed by atoms with E-state index in [1.165, 1.54) is 11.8 Å². The molecule has 1 amide bonds. The van der Waals surface area contributed by atoms with E-state index in [0.717, 1.165) is 33.9 Å². The van der Waals surface area contributed by atoms with E-state index in [9.17, 15) is 9.90 Å². The molecule has 1 saturated heterocycles. The second-order valence-corrected chi connectivity index (χ2v) is 7.13. The highest BCUT2D eigenvalue weighted by Gasteiger charge is 2.22. The molecule has 0 spiro atoms. The lowest BCUT2D eigenvalue weighted by molar-refractivity contribution is -0.131. The molecule has 1 aliphatic rings. The van der Waals surface area contributed by atoms with Crippen molar-refractivity contribution in [2.75, 3.05) is 18.8 Å². The number of carbonyl (C=O) groups is 1. The van der Waals surface area contributed by atoms with Gasteiger partial charge in [-0.15, -0.1) is 11.3 Å². The number of benzene rings is 1. The van der Waals surface area contributed by atoms with Crippen LogP contribution >= 0.6 is 23.1 Å². The SMILES string of the molecule is O=C(CSc1nc2ccccc2s1)N1CCC[C@H](O)C1. The van der Waals surface area contributed by atoms with E-state index in [-0.39, 0.29) is 12.0 Å². The van der Waals surface area contributed by atoms with Gasteiger partial charge in [0.1, 0.15) is 0 Å². The summed E-state index contributed by atoms with van der Waals surface area (Å²) in [6.45, 7) is 1.23. The number of piperidine rings is 1. The zero-order chi connectivity index (χ0) is 13.9. The van der Waals surface area contributed by atoms with Crippen molar-refractivity contribution in [3.8, 4) is 0 Å². The number of aromatic nitrogens is 1. The lowest BCUT2D eigenvalue weighted by atomic mass is 10.1. The number of fused-ring (bicyclic) bond motifs is 1. The molecule has 1 atom stereocenters. The summed E-state index contributed by atoms with van der Waals surface area (Å²) in [7, 11) is 0. The molecule has 1 fully saturated rings. The van der Waals surface area contributed by atoms with Crippen molar-refractivity contribution in [2.24, 2.45) is 0 Å². The van der Waals surface area contributed by atoms with Crippen LogP contribution in [-0.2, 0) is 4.79 Å². The Kier molecular flexibility index (Phi) is 4.24. The molecule has 1 aromatic heterocycles. The van der Waals surface area contributed by atoms with E-state index < -0.39 is 0 Å². The molecule has 3 rings (SSSR count). The van der Waals surface area contributed by atoms with E-state index in [4.69, 9.17) is 0 Å². The molecule has 0 unspecified atom stereocenters. The third-order valence-electron chi connectivity index (χ3n) is 3.34. The van der Waals surface area contributed by atoms with E-state index in [1.807, 2.05) is 24.3 Å². The van der Waals surface area contributed by atoms with Gasteiger partial charge in [0.05, 0.1) is 22.1 Å². The second-order valence-electron chi connectivity index (χ2n) is 4.87. The van der Waals surface area contributed by atoms with Gasteiger partial charge >= 0.3 is 0 Å². The maximum absolute atomic E-state index is 12.1. The van der Waals surface area contributed by atoms with Gasteiger partial charge < -0.3 is 10.0 Å². The van der Waals surface area contributed by atoms with Crippen LogP contribution in [0.15, 0.2) is 28.6 Å². The molecular weight excluding hydrogens is 292 g/mol. The van der Waals surface area contributed by atoms with E-state index in [1.54, 1.807) is 16.2 Å². The van der Waals surface area contributed by atoms with Crippen molar-refractivity contribution < 1.29 is 9.90 Å². The number of para-hydroxylation sites is 1. The highest BCUT2D eigenvalue weighted by atomic mass is 32.2. The Morgan fingerprint density at radius 2 is 2.35 bits per heavy atom. The molecule has 4 nitrogen and oxygen atoms in total. The molecule has 2 aromatic rings. The summed E-state index contributed by atoms with van der Waals surface area (Å²) in [5.74, 6) is 0.486.